The van der Waals surface area contributed by atoms with Gasteiger partial charge in [-0.3, -0.25) is 9.55 Å². The molecule has 84 valence electrons. The van der Waals surface area contributed by atoms with Crippen LogP contribution in [-0.2, 0) is 0 Å². The van der Waals surface area contributed by atoms with Crippen LogP contribution in [0.15, 0.2) is 36.7 Å². The smallest absolute Gasteiger partial charge is 0.224 e. The van der Waals surface area contributed by atoms with Gasteiger partial charge in [-0.05, 0) is 42.8 Å². The number of pyridine rings is 1. The molecular weight excluding hydrogens is 236 g/mol. The Kier molecular flexibility index (Phi) is 2.30. The van der Waals surface area contributed by atoms with Crippen molar-refractivity contribution in [1.29, 1.82) is 0 Å². The second-order valence-electron chi connectivity index (χ2n) is 3.73. The van der Waals surface area contributed by atoms with E-state index >= 15 is 0 Å². The van der Waals surface area contributed by atoms with E-state index in [2.05, 4.69) is 15.0 Å². The normalized spacial score (nSPS) is 10.9. The summed E-state index contributed by atoms with van der Waals surface area (Å²) in [5.41, 5.74) is 2.95. The van der Waals surface area contributed by atoms with E-state index in [0.29, 0.717) is 0 Å². The van der Waals surface area contributed by atoms with Crippen LogP contribution < -0.4 is 0 Å². The summed E-state index contributed by atoms with van der Waals surface area (Å²) >= 11 is 5.79. The molecular formula is C12H9ClN4. The molecule has 5 heteroatoms. The number of aryl methyl sites for hydroxylation is 1. The van der Waals surface area contributed by atoms with Crippen LogP contribution in [0.5, 0.6) is 0 Å². The SMILES string of the molecule is Cc1ccc2c(ccn2-c2ccnc(Cl)n2)n1. The lowest BCUT2D eigenvalue weighted by atomic mass is 10.3. The number of fused-ring (bicyclic) bond motifs is 1. The summed E-state index contributed by atoms with van der Waals surface area (Å²) < 4.78 is 1.94. The molecule has 0 spiro atoms. The van der Waals surface area contributed by atoms with Crippen LogP contribution in [0.3, 0.4) is 0 Å². The molecule has 0 saturated carbocycles. The minimum atomic E-state index is 0.240. The van der Waals surface area contributed by atoms with Crippen molar-refractivity contribution < 1.29 is 0 Å². The molecule has 0 aliphatic heterocycles. The maximum atomic E-state index is 5.79. The Balaban J connectivity index is 2.24. The van der Waals surface area contributed by atoms with Crippen molar-refractivity contribution in [3.8, 4) is 5.82 Å². The lowest BCUT2D eigenvalue weighted by Crippen LogP contribution is -1.97. The zero-order valence-corrected chi connectivity index (χ0v) is 9.89. The first kappa shape index (κ1) is 10.2. The van der Waals surface area contributed by atoms with Crippen LogP contribution in [0.4, 0.5) is 0 Å². The van der Waals surface area contributed by atoms with Crippen molar-refractivity contribution in [3.05, 3.63) is 47.6 Å². The van der Waals surface area contributed by atoms with Crippen molar-refractivity contribution in [2.45, 2.75) is 6.92 Å². The summed E-state index contributed by atoms with van der Waals surface area (Å²) in [6.07, 6.45) is 3.56. The van der Waals surface area contributed by atoms with Crippen molar-refractivity contribution >= 4 is 22.6 Å². The van der Waals surface area contributed by atoms with Gasteiger partial charge in [-0.15, -0.1) is 0 Å². The average Bonchev–Trinajstić information content (AvgIpc) is 2.71. The van der Waals surface area contributed by atoms with Gasteiger partial charge in [0.2, 0.25) is 5.28 Å². The Morgan fingerprint density at radius 2 is 2.00 bits per heavy atom. The van der Waals surface area contributed by atoms with E-state index in [-0.39, 0.29) is 5.28 Å². The standard InChI is InChI=1S/C12H9ClN4/c1-8-2-3-10-9(15-8)5-7-17(10)11-4-6-14-12(13)16-11/h2-7H,1H3. The summed E-state index contributed by atoms with van der Waals surface area (Å²) in [4.78, 5) is 12.5. The summed E-state index contributed by atoms with van der Waals surface area (Å²) in [6.45, 7) is 1.97. The van der Waals surface area contributed by atoms with Crippen LogP contribution >= 0.6 is 11.6 Å². The fourth-order valence-electron chi connectivity index (χ4n) is 1.78. The quantitative estimate of drug-likeness (QED) is 0.618. The van der Waals surface area contributed by atoms with E-state index in [9.17, 15) is 0 Å². The minimum Gasteiger partial charge on any atom is -0.299 e. The van der Waals surface area contributed by atoms with Gasteiger partial charge in [-0.1, -0.05) is 0 Å². The lowest BCUT2D eigenvalue weighted by Gasteiger charge is -2.03. The Morgan fingerprint density at radius 3 is 2.82 bits per heavy atom. The zero-order chi connectivity index (χ0) is 11.8. The molecule has 17 heavy (non-hydrogen) atoms. The van der Waals surface area contributed by atoms with Crippen LogP contribution in [-0.4, -0.2) is 19.5 Å². The number of nitrogens with zero attached hydrogens (tertiary/aromatic N) is 4. The van der Waals surface area contributed by atoms with E-state index < -0.39 is 0 Å². The van der Waals surface area contributed by atoms with Crippen LogP contribution in [0.25, 0.3) is 16.9 Å². The van der Waals surface area contributed by atoms with Crippen molar-refractivity contribution in [2.24, 2.45) is 0 Å². The molecule has 0 bridgehead atoms. The predicted octanol–water partition coefficient (Wildman–Crippen LogP) is 2.78. The highest BCUT2D eigenvalue weighted by Gasteiger charge is 2.05. The third kappa shape index (κ3) is 1.76. The molecule has 0 atom stereocenters. The Bertz CT molecular complexity index is 690. The first-order valence-electron chi connectivity index (χ1n) is 5.18. The van der Waals surface area contributed by atoms with Crippen LogP contribution in [0.1, 0.15) is 5.69 Å². The van der Waals surface area contributed by atoms with Gasteiger partial charge in [0.1, 0.15) is 5.82 Å². The molecule has 3 aromatic rings. The average molecular weight is 245 g/mol. The van der Waals surface area contributed by atoms with E-state index in [1.807, 2.05) is 42.0 Å². The molecule has 3 rings (SSSR count). The number of halogens is 1. The van der Waals surface area contributed by atoms with E-state index in [1.165, 1.54) is 0 Å². The van der Waals surface area contributed by atoms with Gasteiger partial charge in [-0.25, -0.2) is 4.98 Å². The Labute approximate surface area is 103 Å². The molecule has 0 N–H and O–H groups in total. The lowest BCUT2D eigenvalue weighted by molar-refractivity contribution is 1.01. The molecule has 0 aromatic carbocycles. The van der Waals surface area contributed by atoms with Crippen LogP contribution in [0, 0.1) is 6.92 Å². The molecule has 3 heterocycles. The van der Waals surface area contributed by atoms with Gasteiger partial charge >= 0.3 is 0 Å². The summed E-state index contributed by atoms with van der Waals surface area (Å²) in [5.74, 6) is 0.741. The van der Waals surface area contributed by atoms with Gasteiger partial charge in [0.15, 0.2) is 0 Å². The fraction of sp³-hybridized carbons (Fsp3) is 0.0833. The minimum absolute atomic E-state index is 0.240. The molecule has 0 fully saturated rings. The molecule has 0 amide bonds. The fourth-order valence-corrected chi connectivity index (χ4v) is 1.92. The van der Waals surface area contributed by atoms with Gasteiger partial charge in [0.25, 0.3) is 0 Å². The third-order valence-electron chi connectivity index (χ3n) is 2.54. The first-order chi connectivity index (χ1) is 8.24. The highest BCUT2D eigenvalue weighted by Crippen LogP contribution is 2.18. The van der Waals surface area contributed by atoms with Gasteiger partial charge in [-0.2, -0.15) is 4.98 Å². The van der Waals surface area contributed by atoms with Gasteiger partial charge in [0, 0.05) is 18.1 Å². The molecule has 0 aliphatic rings. The molecule has 3 aromatic heterocycles. The number of hydrogen-bond acceptors (Lipinski definition) is 3. The predicted molar refractivity (Wildman–Crippen MR) is 66.4 cm³/mol. The Morgan fingerprint density at radius 1 is 1.12 bits per heavy atom. The Hall–Kier alpha value is -1.94. The zero-order valence-electron chi connectivity index (χ0n) is 9.13. The van der Waals surface area contributed by atoms with Gasteiger partial charge < -0.3 is 0 Å². The number of hydrogen-bond donors (Lipinski definition) is 0. The first-order valence-corrected chi connectivity index (χ1v) is 5.55. The van der Waals surface area contributed by atoms with E-state index in [0.717, 1.165) is 22.5 Å². The second kappa shape index (κ2) is 3.82. The highest BCUT2D eigenvalue weighted by atomic mass is 35.5. The molecule has 0 unspecified atom stereocenters. The third-order valence-corrected chi connectivity index (χ3v) is 2.72. The summed E-state index contributed by atoms with van der Waals surface area (Å²) in [7, 11) is 0. The summed E-state index contributed by atoms with van der Waals surface area (Å²) in [5, 5.41) is 0.240. The van der Waals surface area contributed by atoms with E-state index in [1.54, 1.807) is 6.20 Å². The van der Waals surface area contributed by atoms with Crippen molar-refractivity contribution in [1.82, 2.24) is 19.5 Å². The molecule has 4 nitrogen and oxygen atoms in total. The maximum Gasteiger partial charge on any atom is 0.224 e. The molecule has 0 aliphatic carbocycles. The van der Waals surface area contributed by atoms with Crippen molar-refractivity contribution in [2.75, 3.05) is 0 Å². The summed E-state index contributed by atoms with van der Waals surface area (Å²) in [6, 6.07) is 7.76. The largest absolute Gasteiger partial charge is 0.299 e. The van der Waals surface area contributed by atoms with Crippen molar-refractivity contribution in [3.63, 3.8) is 0 Å². The molecule has 0 radical (unpaired) electrons. The van der Waals surface area contributed by atoms with E-state index in [4.69, 9.17) is 11.6 Å². The second-order valence-corrected chi connectivity index (χ2v) is 4.06. The van der Waals surface area contributed by atoms with Crippen LogP contribution in [0.2, 0.25) is 5.28 Å². The molecule has 0 saturated heterocycles. The topological polar surface area (TPSA) is 43.6 Å². The number of aromatic nitrogens is 4. The van der Waals surface area contributed by atoms with Gasteiger partial charge in [0.05, 0.1) is 11.0 Å². The maximum absolute atomic E-state index is 5.79. The number of rotatable bonds is 1. The monoisotopic (exact) mass is 244 g/mol. The highest BCUT2D eigenvalue weighted by molar-refractivity contribution is 6.28.